The van der Waals surface area contributed by atoms with E-state index < -0.39 is 11.7 Å². The lowest BCUT2D eigenvalue weighted by atomic mass is 10.1. The first kappa shape index (κ1) is 17.5. The van der Waals surface area contributed by atoms with Crippen molar-refractivity contribution in [3.8, 4) is 22.8 Å². The van der Waals surface area contributed by atoms with Crippen LogP contribution in [0.25, 0.3) is 11.3 Å². The predicted molar refractivity (Wildman–Crippen MR) is 89.3 cm³/mol. The van der Waals surface area contributed by atoms with Crippen LogP contribution in [0.3, 0.4) is 0 Å². The first-order valence-corrected chi connectivity index (χ1v) is 7.21. The van der Waals surface area contributed by atoms with Crippen molar-refractivity contribution >= 4 is 17.5 Å². The van der Waals surface area contributed by atoms with E-state index in [1.807, 2.05) is 0 Å². The highest BCUT2D eigenvalue weighted by molar-refractivity contribution is 5.93. The van der Waals surface area contributed by atoms with Gasteiger partial charge in [-0.2, -0.15) is 0 Å². The van der Waals surface area contributed by atoms with Crippen molar-refractivity contribution in [2.75, 3.05) is 25.3 Å². The zero-order valence-corrected chi connectivity index (χ0v) is 14.3. The third kappa shape index (κ3) is 3.89. The van der Waals surface area contributed by atoms with Gasteiger partial charge in [-0.25, -0.2) is 4.79 Å². The molecule has 0 atom stereocenters. The van der Waals surface area contributed by atoms with E-state index in [-0.39, 0.29) is 0 Å². The number of aromatic nitrogens is 1. The Morgan fingerprint density at radius 1 is 1.21 bits per heavy atom. The number of carbonyl (C=O) groups is 1. The molecule has 0 bridgehead atoms. The van der Waals surface area contributed by atoms with Gasteiger partial charge in [0.05, 0.1) is 26.1 Å². The van der Waals surface area contributed by atoms with E-state index in [9.17, 15) is 4.79 Å². The number of methoxy groups -OCH3 is 2. The summed E-state index contributed by atoms with van der Waals surface area (Å²) in [7, 11) is 3.00. The lowest BCUT2D eigenvalue weighted by molar-refractivity contribution is 0.0636. The van der Waals surface area contributed by atoms with Gasteiger partial charge in [0.15, 0.2) is 17.3 Å². The molecule has 0 aliphatic heterocycles. The fourth-order valence-electron chi connectivity index (χ4n) is 2.04. The van der Waals surface area contributed by atoms with Crippen molar-refractivity contribution in [3.05, 3.63) is 18.3 Å². The van der Waals surface area contributed by atoms with E-state index in [0.29, 0.717) is 34.2 Å². The lowest BCUT2D eigenvalue weighted by Gasteiger charge is -2.21. The zero-order valence-electron chi connectivity index (χ0n) is 14.3. The maximum absolute atomic E-state index is 12.1. The van der Waals surface area contributed by atoms with Gasteiger partial charge in [-0.05, 0) is 26.8 Å². The number of ether oxygens (including phenoxy) is 3. The second kappa shape index (κ2) is 6.69. The second-order valence-corrected chi connectivity index (χ2v) is 5.99. The molecule has 0 radical (unpaired) electrons. The van der Waals surface area contributed by atoms with Crippen molar-refractivity contribution in [2.24, 2.45) is 0 Å². The fraction of sp³-hybridized carbons (Fsp3) is 0.375. The number of benzene rings is 1. The Kier molecular flexibility index (Phi) is 4.87. The molecule has 1 heterocycles. The zero-order chi connectivity index (χ0) is 17.9. The number of carbonyl (C=O) groups excluding carboxylic acids is 1. The minimum absolute atomic E-state index is 0.307. The molecule has 8 heteroatoms. The Bertz CT molecular complexity index is 734. The molecule has 1 aromatic carbocycles. The number of nitrogens with one attached hydrogen (secondary N) is 1. The van der Waals surface area contributed by atoms with E-state index in [1.54, 1.807) is 32.9 Å². The van der Waals surface area contributed by atoms with E-state index in [4.69, 9.17) is 24.5 Å². The molecule has 0 unspecified atom stereocenters. The molecule has 8 nitrogen and oxygen atoms in total. The molecule has 0 saturated heterocycles. The van der Waals surface area contributed by atoms with Gasteiger partial charge in [0.2, 0.25) is 0 Å². The predicted octanol–water partition coefficient (Wildman–Crippen LogP) is 3.29. The minimum Gasteiger partial charge on any atom is -0.493 e. The van der Waals surface area contributed by atoms with Gasteiger partial charge in [-0.3, -0.25) is 5.32 Å². The van der Waals surface area contributed by atoms with Gasteiger partial charge in [0.25, 0.3) is 0 Å². The number of nitrogens with two attached hydrogens (primary N) is 1. The van der Waals surface area contributed by atoms with Gasteiger partial charge in [-0.15, -0.1) is 0 Å². The topological polar surface area (TPSA) is 109 Å². The number of nitrogens with zero attached hydrogens (tertiary/aromatic N) is 1. The standard InChI is InChI=1S/C16H21N3O5/c1-16(2,3)23-15(20)19-11-7-13(22-5)12(21-4)6-9(11)14-10(17)8-18-24-14/h6-8H,17H2,1-5H3,(H,19,20). The van der Waals surface area contributed by atoms with E-state index in [0.717, 1.165) is 0 Å². The SMILES string of the molecule is COc1cc(NC(=O)OC(C)(C)C)c(-c2oncc2N)cc1OC. The molecule has 0 fully saturated rings. The van der Waals surface area contributed by atoms with Crippen molar-refractivity contribution in [2.45, 2.75) is 26.4 Å². The normalized spacial score (nSPS) is 11.0. The molecular formula is C16H21N3O5. The van der Waals surface area contributed by atoms with Crippen LogP contribution in [0, 0.1) is 0 Å². The molecule has 1 amide bonds. The summed E-state index contributed by atoms with van der Waals surface area (Å²) in [5.41, 5.74) is 6.45. The summed E-state index contributed by atoms with van der Waals surface area (Å²) < 4.78 is 21.0. The molecule has 0 spiro atoms. The third-order valence-corrected chi connectivity index (χ3v) is 3.00. The number of nitrogen functional groups attached to an aromatic ring is 1. The highest BCUT2D eigenvalue weighted by Gasteiger charge is 2.22. The first-order chi connectivity index (χ1) is 11.2. The van der Waals surface area contributed by atoms with Crippen LogP contribution in [0.2, 0.25) is 0 Å². The number of hydrogen-bond donors (Lipinski definition) is 2. The number of amides is 1. The Balaban J connectivity index is 2.48. The fourth-order valence-corrected chi connectivity index (χ4v) is 2.04. The minimum atomic E-state index is -0.633. The molecule has 0 aliphatic carbocycles. The van der Waals surface area contributed by atoms with Crippen LogP contribution in [0.1, 0.15) is 20.8 Å². The first-order valence-electron chi connectivity index (χ1n) is 7.21. The van der Waals surface area contributed by atoms with Gasteiger partial charge >= 0.3 is 6.09 Å². The van der Waals surface area contributed by atoms with Crippen LogP contribution in [-0.4, -0.2) is 31.1 Å². The molecule has 1 aromatic heterocycles. The highest BCUT2D eigenvalue weighted by atomic mass is 16.6. The molecule has 2 rings (SSSR count). The Morgan fingerprint density at radius 3 is 2.33 bits per heavy atom. The smallest absolute Gasteiger partial charge is 0.412 e. The average molecular weight is 335 g/mol. The van der Waals surface area contributed by atoms with Gasteiger partial charge in [0, 0.05) is 11.6 Å². The van der Waals surface area contributed by atoms with Gasteiger partial charge < -0.3 is 24.5 Å². The molecule has 0 saturated carbocycles. The van der Waals surface area contributed by atoms with Crippen LogP contribution >= 0.6 is 0 Å². The summed E-state index contributed by atoms with van der Waals surface area (Å²) in [5.74, 6) is 1.20. The van der Waals surface area contributed by atoms with E-state index >= 15 is 0 Å². The summed E-state index contributed by atoms with van der Waals surface area (Å²) in [6, 6.07) is 3.24. The maximum Gasteiger partial charge on any atom is 0.412 e. The summed E-state index contributed by atoms with van der Waals surface area (Å²) >= 11 is 0. The van der Waals surface area contributed by atoms with Gasteiger partial charge in [-0.1, -0.05) is 5.16 Å². The van der Waals surface area contributed by atoms with Crippen molar-refractivity contribution in [3.63, 3.8) is 0 Å². The van der Waals surface area contributed by atoms with Crippen molar-refractivity contribution < 1.29 is 23.5 Å². The monoisotopic (exact) mass is 335 g/mol. The van der Waals surface area contributed by atoms with Gasteiger partial charge in [0.1, 0.15) is 11.3 Å². The molecule has 2 aromatic rings. The molecule has 130 valence electrons. The summed E-state index contributed by atoms with van der Waals surface area (Å²) in [6.45, 7) is 5.32. The lowest BCUT2D eigenvalue weighted by Crippen LogP contribution is -2.27. The molecule has 0 aliphatic rings. The Hall–Kier alpha value is -2.90. The van der Waals surface area contributed by atoms with Crippen LogP contribution in [0.5, 0.6) is 11.5 Å². The van der Waals surface area contributed by atoms with E-state index in [2.05, 4.69) is 10.5 Å². The van der Waals surface area contributed by atoms with Crippen molar-refractivity contribution in [1.29, 1.82) is 0 Å². The van der Waals surface area contributed by atoms with Crippen LogP contribution in [0.4, 0.5) is 16.2 Å². The molecular weight excluding hydrogens is 314 g/mol. The number of rotatable bonds is 4. The summed E-state index contributed by atoms with van der Waals surface area (Å²) in [4.78, 5) is 12.1. The third-order valence-electron chi connectivity index (χ3n) is 3.00. The second-order valence-electron chi connectivity index (χ2n) is 5.99. The Labute approximate surface area is 139 Å². The summed E-state index contributed by atoms with van der Waals surface area (Å²) in [6.07, 6.45) is 0.762. The molecule has 3 N–H and O–H groups in total. The largest absolute Gasteiger partial charge is 0.493 e. The average Bonchev–Trinajstić information content (AvgIpc) is 2.90. The quantitative estimate of drug-likeness (QED) is 0.882. The van der Waals surface area contributed by atoms with Crippen LogP contribution in [0.15, 0.2) is 22.9 Å². The molecule has 24 heavy (non-hydrogen) atoms. The van der Waals surface area contributed by atoms with E-state index in [1.165, 1.54) is 20.4 Å². The highest BCUT2D eigenvalue weighted by Crippen LogP contribution is 2.40. The number of anilines is 2. The van der Waals surface area contributed by atoms with Crippen LogP contribution < -0.4 is 20.5 Å². The van der Waals surface area contributed by atoms with Crippen molar-refractivity contribution in [1.82, 2.24) is 5.16 Å². The maximum atomic E-state index is 12.1. The van der Waals surface area contributed by atoms with Crippen LogP contribution in [-0.2, 0) is 4.74 Å². The summed E-state index contributed by atoms with van der Waals surface area (Å²) in [5, 5.41) is 6.33. The Morgan fingerprint density at radius 2 is 1.83 bits per heavy atom. The number of hydrogen-bond acceptors (Lipinski definition) is 7.